The SMILES string of the molecule is C1=C(c2ncc3c(n2)CC3)CCNC1. The van der Waals surface area contributed by atoms with Gasteiger partial charge in [-0.3, -0.25) is 0 Å². The van der Waals surface area contributed by atoms with Gasteiger partial charge >= 0.3 is 0 Å². The molecule has 0 saturated carbocycles. The topological polar surface area (TPSA) is 37.8 Å². The van der Waals surface area contributed by atoms with Crippen molar-refractivity contribution in [3.05, 3.63) is 29.4 Å². The summed E-state index contributed by atoms with van der Waals surface area (Å²) in [6.45, 7) is 2.00. The lowest BCUT2D eigenvalue weighted by molar-refractivity contribution is 0.724. The van der Waals surface area contributed by atoms with E-state index in [1.54, 1.807) is 0 Å². The fourth-order valence-corrected chi connectivity index (χ4v) is 1.92. The molecule has 3 nitrogen and oxygen atoms in total. The number of aryl methyl sites for hydroxylation is 2. The Labute approximate surface area is 83.3 Å². The van der Waals surface area contributed by atoms with Gasteiger partial charge in [-0.05, 0) is 36.9 Å². The third kappa shape index (κ3) is 1.24. The second-order valence-corrected chi connectivity index (χ2v) is 3.85. The molecule has 0 radical (unpaired) electrons. The Balaban J connectivity index is 1.95. The summed E-state index contributed by atoms with van der Waals surface area (Å²) in [5, 5.41) is 3.29. The highest BCUT2D eigenvalue weighted by molar-refractivity contribution is 5.61. The van der Waals surface area contributed by atoms with E-state index in [0.29, 0.717) is 0 Å². The van der Waals surface area contributed by atoms with Gasteiger partial charge in [-0.25, -0.2) is 9.97 Å². The molecule has 0 spiro atoms. The molecule has 0 aromatic carbocycles. The van der Waals surface area contributed by atoms with Crippen molar-refractivity contribution in [1.29, 1.82) is 0 Å². The van der Waals surface area contributed by atoms with Crippen LogP contribution >= 0.6 is 0 Å². The van der Waals surface area contributed by atoms with E-state index in [-0.39, 0.29) is 0 Å². The average Bonchev–Trinajstić information content (AvgIpc) is 2.21. The molecular weight excluding hydrogens is 174 g/mol. The van der Waals surface area contributed by atoms with Crippen LogP contribution in [0.25, 0.3) is 5.57 Å². The van der Waals surface area contributed by atoms with Crippen LogP contribution in [0, 0.1) is 0 Å². The summed E-state index contributed by atoms with van der Waals surface area (Å²) in [5.41, 5.74) is 3.90. The van der Waals surface area contributed by atoms with E-state index < -0.39 is 0 Å². The maximum atomic E-state index is 4.58. The lowest BCUT2D eigenvalue weighted by Crippen LogP contribution is -2.21. The van der Waals surface area contributed by atoms with Gasteiger partial charge in [0.05, 0.1) is 0 Å². The Hall–Kier alpha value is -1.22. The maximum absolute atomic E-state index is 4.58. The molecule has 3 rings (SSSR count). The van der Waals surface area contributed by atoms with Crippen molar-refractivity contribution in [2.45, 2.75) is 19.3 Å². The second-order valence-electron chi connectivity index (χ2n) is 3.85. The molecule has 1 aliphatic heterocycles. The zero-order valence-corrected chi connectivity index (χ0v) is 8.08. The fourth-order valence-electron chi connectivity index (χ4n) is 1.92. The maximum Gasteiger partial charge on any atom is 0.155 e. The van der Waals surface area contributed by atoms with Crippen molar-refractivity contribution < 1.29 is 0 Å². The predicted octanol–water partition coefficient (Wildman–Crippen LogP) is 0.952. The highest BCUT2D eigenvalue weighted by Crippen LogP contribution is 2.22. The summed E-state index contributed by atoms with van der Waals surface area (Å²) in [4.78, 5) is 8.98. The molecule has 1 aliphatic carbocycles. The van der Waals surface area contributed by atoms with E-state index in [9.17, 15) is 0 Å². The van der Waals surface area contributed by atoms with Crippen LogP contribution in [0.3, 0.4) is 0 Å². The van der Waals surface area contributed by atoms with Crippen LogP contribution in [-0.4, -0.2) is 23.1 Å². The van der Waals surface area contributed by atoms with Crippen molar-refractivity contribution in [3.63, 3.8) is 0 Å². The first-order chi connectivity index (χ1) is 6.93. The number of hydrogen-bond acceptors (Lipinski definition) is 3. The van der Waals surface area contributed by atoms with Crippen LogP contribution in [0.4, 0.5) is 0 Å². The zero-order chi connectivity index (χ0) is 9.38. The van der Waals surface area contributed by atoms with Gasteiger partial charge in [0, 0.05) is 18.4 Å². The molecule has 0 atom stereocenters. The quantitative estimate of drug-likeness (QED) is 0.711. The van der Waals surface area contributed by atoms with Gasteiger partial charge in [0.25, 0.3) is 0 Å². The number of aromatic nitrogens is 2. The number of nitrogens with zero attached hydrogens (tertiary/aromatic N) is 2. The van der Waals surface area contributed by atoms with Gasteiger partial charge in [0.15, 0.2) is 5.82 Å². The fraction of sp³-hybridized carbons (Fsp3) is 0.455. The molecule has 0 unspecified atom stereocenters. The minimum atomic E-state index is 0.949. The minimum Gasteiger partial charge on any atom is -0.313 e. The second kappa shape index (κ2) is 3.17. The summed E-state index contributed by atoms with van der Waals surface area (Å²) in [6, 6.07) is 0. The number of rotatable bonds is 1. The Morgan fingerprint density at radius 2 is 2.21 bits per heavy atom. The van der Waals surface area contributed by atoms with Crippen molar-refractivity contribution in [2.75, 3.05) is 13.1 Å². The van der Waals surface area contributed by atoms with Crippen molar-refractivity contribution in [1.82, 2.24) is 15.3 Å². The molecule has 0 fully saturated rings. The summed E-state index contributed by atoms with van der Waals surface area (Å²) in [6.07, 6.45) is 7.54. The number of nitrogens with one attached hydrogen (secondary N) is 1. The van der Waals surface area contributed by atoms with E-state index in [4.69, 9.17) is 0 Å². The molecule has 14 heavy (non-hydrogen) atoms. The third-order valence-corrected chi connectivity index (χ3v) is 2.94. The van der Waals surface area contributed by atoms with Crippen LogP contribution in [0.1, 0.15) is 23.5 Å². The van der Waals surface area contributed by atoms with E-state index >= 15 is 0 Å². The third-order valence-electron chi connectivity index (χ3n) is 2.94. The molecule has 1 N–H and O–H groups in total. The number of fused-ring (bicyclic) bond motifs is 1. The van der Waals surface area contributed by atoms with Gasteiger partial charge in [0.2, 0.25) is 0 Å². The molecule has 1 aromatic heterocycles. The number of hydrogen-bond donors (Lipinski definition) is 1. The van der Waals surface area contributed by atoms with Gasteiger partial charge in [-0.15, -0.1) is 0 Å². The highest BCUT2D eigenvalue weighted by Gasteiger charge is 2.17. The first kappa shape index (κ1) is 8.12. The van der Waals surface area contributed by atoms with E-state index in [1.807, 2.05) is 6.20 Å². The molecular formula is C11H13N3. The zero-order valence-electron chi connectivity index (χ0n) is 8.08. The van der Waals surface area contributed by atoms with Gasteiger partial charge in [-0.1, -0.05) is 6.08 Å². The Morgan fingerprint density at radius 1 is 1.21 bits per heavy atom. The van der Waals surface area contributed by atoms with Gasteiger partial charge < -0.3 is 5.32 Å². The van der Waals surface area contributed by atoms with Crippen LogP contribution in [0.15, 0.2) is 12.3 Å². The first-order valence-electron chi connectivity index (χ1n) is 5.18. The lowest BCUT2D eigenvalue weighted by Gasteiger charge is -2.19. The van der Waals surface area contributed by atoms with Crippen LogP contribution < -0.4 is 5.32 Å². The van der Waals surface area contributed by atoms with E-state index in [0.717, 1.165) is 38.2 Å². The van der Waals surface area contributed by atoms with Crippen LogP contribution in [0.2, 0.25) is 0 Å². The minimum absolute atomic E-state index is 0.949. The Morgan fingerprint density at radius 3 is 2.86 bits per heavy atom. The van der Waals surface area contributed by atoms with E-state index in [1.165, 1.54) is 16.8 Å². The predicted molar refractivity (Wildman–Crippen MR) is 54.9 cm³/mol. The van der Waals surface area contributed by atoms with Crippen LogP contribution in [0.5, 0.6) is 0 Å². The highest BCUT2D eigenvalue weighted by atomic mass is 14.9. The largest absolute Gasteiger partial charge is 0.313 e. The van der Waals surface area contributed by atoms with Crippen molar-refractivity contribution in [3.8, 4) is 0 Å². The Kier molecular flexibility index (Phi) is 1.84. The molecule has 2 aliphatic rings. The molecule has 72 valence electrons. The van der Waals surface area contributed by atoms with Crippen molar-refractivity contribution >= 4 is 5.57 Å². The average molecular weight is 187 g/mol. The Bertz CT molecular complexity index is 396. The van der Waals surface area contributed by atoms with Gasteiger partial charge in [-0.2, -0.15) is 0 Å². The smallest absolute Gasteiger partial charge is 0.155 e. The normalized spacial score (nSPS) is 19.6. The summed E-state index contributed by atoms with van der Waals surface area (Å²) >= 11 is 0. The first-order valence-corrected chi connectivity index (χ1v) is 5.18. The molecule has 0 amide bonds. The summed E-state index contributed by atoms with van der Waals surface area (Å²) in [7, 11) is 0. The molecule has 0 saturated heterocycles. The molecule has 3 heteroatoms. The molecule has 0 bridgehead atoms. The summed E-state index contributed by atoms with van der Waals surface area (Å²) in [5.74, 6) is 0.949. The van der Waals surface area contributed by atoms with E-state index in [2.05, 4.69) is 21.4 Å². The summed E-state index contributed by atoms with van der Waals surface area (Å²) < 4.78 is 0. The monoisotopic (exact) mass is 187 g/mol. The molecule has 2 heterocycles. The van der Waals surface area contributed by atoms with Crippen molar-refractivity contribution in [2.24, 2.45) is 0 Å². The molecule has 1 aromatic rings. The van der Waals surface area contributed by atoms with Crippen LogP contribution in [-0.2, 0) is 12.8 Å². The lowest BCUT2D eigenvalue weighted by atomic mass is 9.95. The standard InChI is InChI=1S/C11H13N3/c1-2-10-9(1)7-13-11(14-10)8-3-5-12-6-4-8/h3,7,12H,1-2,4-6H2. The van der Waals surface area contributed by atoms with Gasteiger partial charge in [0.1, 0.15) is 0 Å².